The van der Waals surface area contributed by atoms with Crippen molar-refractivity contribution in [1.82, 2.24) is 5.32 Å². The molecule has 0 aromatic heterocycles. The van der Waals surface area contributed by atoms with Crippen LogP contribution in [-0.2, 0) is 11.0 Å². The van der Waals surface area contributed by atoms with Crippen LogP contribution in [0, 0.1) is 0 Å². The number of likely N-dealkylation sites (N-methyl/N-ethyl adjacent to an activating group) is 1. The average Bonchev–Trinajstić information content (AvgIpc) is 2.36. The van der Waals surface area contributed by atoms with E-state index in [4.69, 9.17) is 9.84 Å². The molecule has 20 heavy (non-hydrogen) atoms. The molecule has 110 valence electrons. The third-order valence-electron chi connectivity index (χ3n) is 2.45. The quantitative estimate of drug-likeness (QED) is 0.888. The topological polar surface area (TPSA) is 75.6 Å². The standard InChI is InChI=1S/C12H12F3NO4/c1-6(10(17)16-2)20-9-4-3-7(11(18)19)5-8(9)12(13,14)15/h3-6H,1-2H3,(H,16,17)(H,18,19). The van der Waals surface area contributed by atoms with Crippen LogP contribution in [0.2, 0.25) is 0 Å². The summed E-state index contributed by atoms with van der Waals surface area (Å²) in [5, 5.41) is 10.9. The Morgan fingerprint density at radius 1 is 1.35 bits per heavy atom. The second kappa shape index (κ2) is 5.81. The third kappa shape index (κ3) is 3.62. The number of amides is 1. The molecule has 1 unspecified atom stereocenters. The summed E-state index contributed by atoms with van der Waals surface area (Å²) in [5.74, 6) is -2.68. The van der Waals surface area contributed by atoms with Gasteiger partial charge in [0.1, 0.15) is 5.75 Å². The van der Waals surface area contributed by atoms with E-state index < -0.39 is 41.0 Å². The summed E-state index contributed by atoms with van der Waals surface area (Å²) < 4.78 is 43.5. The lowest BCUT2D eigenvalue weighted by Crippen LogP contribution is -2.34. The average molecular weight is 291 g/mol. The lowest BCUT2D eigenvalue weighted by Gasteiger charge is -2.18. The van der Waals surface area contributed by atoms with Gasteiger partial charge in [-0.1, -0.05) is 0 Å². The summed E-state index contributed by atoms with van der Waals surface area (Å²) in [7, 11) is 1.32. The Morgan fingerprint density at radius 3 is 2.40 bits per heavy atom. The molecule has 0 aliphatic heterocycles. The number of hydrogen-bond acceptors (Lipinski definition) is 3. The first-order valence-electron chi connectivity index (χ1n) is 5.49. The number of hydrogen-bond donors (Lipinski definition) is 2. The van der Waals surface area contributed by atoms with Crippen molar-refractivity contribution in [3.63, 3.8) is 0 Å². The molecule has 1 aromatic rings. The van der Waals surface area contributed by atoms with Crippen molar-refractivity contribution in [3.8, 4) is 5.75 Å². The maximum absolute atomic E-state index is 12.9. The maximum atomic E-state index is 12.9. The fourth-order valence-electron chi connectivity index (χ4n) is 1.43. The summed E-state index contributed by atoms with van der Waals surface area (Å²) in [6, 6.07) is 2.32. The Balaban J connectivity index is 3.19. The van der Waals surface area contributed by atoms with Crippen molar-refractivity contribution < 1.29 is 32.6 Å². The van der Waals surface area contributed by atoms with E-state index in [1.54, 1.807) is 0 Å². The zero-order valence-electron chi connectivity index (χ0n) is 10.6. The monoisotopic (exact) mass is 291 g/mol. The van der Waals surface area contributed by atoms with Crippen molar-refractivity contribution >= 4 is 11.9 Å². The summed E-state index contributed by atoms with van der Waals surface area (Å²) in [6.07, 6.45) is -5.93. The molecule has 0 bridgehead atoms. The maximum Gasteiger partial charge on any atom is 0.419 e. The zero-order valence-corrected chi connectivity index (χ0v) is 10.6. The van der Waals surface area contributed by atoms with Crippen LogP contribution in [0.3, 0.4) is 0 Å². The number of halogens is 3. The summed E-state index contributed by atoms with van der Waals surface area (Å²) in [6.45, 7) is 1.28. The smallest absolute Gasteiger partial charge is 0.419 e. The van der Waals surface area contributed by atoms with Gasteiger partial charge in [-0.05, 0) is 25.1 Å². The zero-order chi connectivity index (χ0) is 15.5. The molecule has 1 aromatic carbocycles. The molecule has 2 N–H and O–H groups in total. The van der Waals surface area contributed by atoms with Crippen LogP contribution >= 0.6 is 0 Å². The van der Waals surface area contributed by atoms with Gasteiger partial charge in [0.05, 0.1) is 11.1 Å². The summed E-state index contributed by atoms with van der Waals surface area (Å²) >= 11 is 0. The molecule has 0 spiro atoms. The number of carboxylic acids is 1. The molecular weight excluding hydrogens is 279 g/mol. The van der Waals surface area contributed by atoms with Crippen LogP contribution < -0.4 is 10.1 Å². The Morgan fingerprint density at radius 2 is 1.95 bits per heavy atom. The van der Waals surface area contributed by atoms with Gasteiger partial charge in [0.15, 0.2) is 6.10 Å². The normalized spacial score (nSPS) is 12.7. The molecule has 0 heterocycles. The molecular formula is C12H12F3NO4. The third-order valence-corrected chi connectivity index (χ3v) is 2.45. The fraction of sp³-hybridized carbons (Fsp3) is 0.333. The van der Waals surface area contributed by atoms with Crippen molar-refractivity contribution in [3.05, 3.63) is 29.3 Å². The Labute approximate surface area is 112 Å². The fourth-order valence-corrected chi connectivity index (χ4v) is 1.43. The number of ether oxygens (including phenoxy) is 1. The van der Waals surface area contributed by atoms with Gasteiger partial charge in [0.25, 0.3) is 5.91 Å². The molecule has 1 rings (SSSR count). The molecule has 1 amide bonds. The minimum Gasteiger partial charge on any atom is -0.480 e. The SMILES string of the molecule is CNC(=O)C(C)Oc1ccc(C(=O)O)cc1C(F)(F)F. The molecule has 5 nitrogen and oxygen atoms in total. The van der Waals surface area contributed by atoms with E-state index in [9.17, 15) is 22.8 Å². The van der Waals surface area contributed by atoms with Gasteiger partial charge in [-0.15, -0.1) is 0 Å². The summed E-state index contributed by atoms with van der Waals surface area (Å²) in [4.78, 5) is 21.9. The van der Waals surface area contributed by atoms with Gasteiger partial charge >= 0.3 is 12.1 Å². The highest BCUT2D eigenvalue weighted by molar-refractivity contribution is 5.88. The van der Waals surface area contributed by atoms with E-state index >= 15 is 0 Å². The first kappa shape index (κ1) is 15.8. The van der Waals surface area contributed by atoms with E-state index in [-0.39, 0.29) is 0 Å². The van der Waals surface area contributed by atoms with E-state index in [0.717, 1.165) is 12.1 Å². The van der Waals surface area contributed by atoms with Gasteiger partial charge in [-0.2, -0.15) is 13.2 Å². The van der Waals surface area contributed by atoms with Crippen molar-refractivity contribution in [2.75, 3.05) is 7.05 Å². The molecule has 0 saturated heterocycles. The molecule has 8 heteroatoms. The van der Waals surface area contributed by atoms with Gasteiger partial charge < -0.3 is 15.2 Å². The van der Waals surface area contributed by atoms with Crippen LogP contribution in [-0.4, -0.2) is 30.1 Å². The number of carboxylic acid groups (broad SMARTS) is 1. The first-order chi connectivity index (χ1) is 9.16. The highest BCUT2D eigenvalue weighted by atomic mass is 19.4. The number of alkyl halides is 3. The molecule has 0 saturated carbocycles. The van der Waals surface area contributed by atoms with E-state index in [1.165, 1.54) is 14.0 Å². The number of carbonyl (C=O) groups excluding carboxylic acids is 1. The predicted molar refractivity (Wildman–Crippen MR) is 62.6 cm³/mol. The summed E-state index contributed by atoms with van der Waals surface area (Å²) in [5.41, 5.74) is -1.76. The number of carbonyl (C=O) groups is 2. The highest BCUT2D eigenvalue weighted by Crippen LogP contribution is 2.37. The minimum absolute atomic E-state index is 0.467. The van der Waals surface area contributed by atoms with E-state index in [2.05, 4.69) is 5.32 Å². The number of rotatable bonds is 4. The number of nitrogens with one attached hydrogen (secondary N) is 1. The Kier molecular flexibility index (Phi) is 4.59. The highest BCUT2D eigenvalue weighted by Gasteiger charge is 2.36. The van der Waals surface area contributed by atoms with E-state index in [0.29, 0.717) is 6.07 Å². The molecule has 0 fully saturated rings. The van der Waals surface area contributed by atoms with Gasteiger partial charge in [0.2, 0.25) is 0 Å². The lowest BCUT2D eigenvalue weighted by molar-refractivity contribution is -0.140. The molecule has 1 atom stereocenters. The van der Waals surface area contributed by atoms with Crippen LogP contribution in [0.25, 0.3) is 0 Å². The minimum atomic E-state index is -4.79. The van der Waals surface area contributed by atoms with Crippen LogP contribution in [0.15, 0.2) is 18.2 Å². The van der Waals surface area contributed by atoms with Crippen molar-refractivity contribution in [1.29, 1.82) is 0 Å². The second-order valence-corrected chi connectivity index (χ2v) is 3.89. The van der Waals surface area contributed by atoms with Gasteiger partial charge in [-0.3, -0.25) is 4.79 Å². The predicted octanol–water partition coefficient (Wildman–Crippen LogP) is 1.92. The van der Waals surface area contributed by atoms with Gasteiger partial charge in [0, 0.05) is 7.05 Å². The number of benzene rings is 1. The number of aromatic carboxylic acids is 1. The Bertz CT molecular complexity index is 528. The Hall–Kier alpha value is -2.25. The molecule has 0 aliphatic rings. The second-order valence-electron chi connectivity index (χ2n) is 3.89. The van der Waals surface area contributed by atoms with Gasteiger partial charge in [-0.25, -0.2) is 4.79 Å². The van der Waals surface area contributed by atoms with E-state index in [1.807, 2.05) is 0 Å². The molecule has 0 radical (unpaired) electrons. The van der Waals surface area contributed by atoms with Crippen LogP contribution in [0.1, 0.15) is 22.8 Å². The molecule has 0 aliphatic carbocycles. The van der Waals surface area contributed by atoms with Crippen LogP contribution in [0.4, 0.5) is 13.2 Å². The largest absolute Gasteiger partial charge is 0.480 e. The van der Waals surface area contributed by atoms with Crippen molar-refractivity contribution in [2.24, 2.45) is 0 Å². The first-order valence-corrected chi connectivity index (χ1v) is 5.49. The lowest BCUT2D eigenvalue weighted by atomic mass is 10.1. The van der Waals surface area contributed by atoms with Crippen LogP contribution in [0.5, 0.6) is 5.75 Å². The van der Waals surface area contributed by atoms with Crippen molar-refractivity contribution in [2.45, 2.75) is 19.2 Å².